The summed E-state index contributed by atoms with van der Waals surface area (Å²) in [5, 5.41) is 12.1. The maximum atomic E-state index is 14.6. The highest BCUT2D eigenvalue weighted by atomic mass is 19.4. The third-order valence-electron chi connectivity index (χ3n) is 7.93. The number of primary amides is 1. The Kier molecular flexibility index (Phi) is 7.31. The van der Waals surface area contributed by atoms with Crippen LogP contribution in [0.15, 0.2) is 54.7 Å². The minimum Gasteiger partial charge on any atom is -0.489 e. The smallest absolute Gasteiger partial charge is 0.398 e. The quantitative estimate of drug-likeness (QED) is 0.263. The molecule has 0 unspecified atom stereocenters. The predicted octanol–water partition coefficient (Wildman–Crippen LogP) is 5.06. The largest absolute Gasteiger partial charge is 0.489 e. The van der Waals surface area contributed by atoms with Crippen molar-refractivity contribution in [2.75, 3.05) is 13.2 Å². The number of alkyl halides is 3. The molecule has 2 aliphatic rings. The van der Waals surface area contributed by atoms with E-state index in [0.29, 0.717) is 10.9 Å². The van der Waals surface area contributed by atoms with E-state index in [-0.39, 0.29) is 52.2 Å². The lowest BCUT2D eigenvalue weighted by Gasteiger charge is -2.24. The van der Waals surface area contributed by atoms with Crippen molar-refractivity contribution in [2.24, 2.45) is 5.73 Å². The summed E-state index contributed by atoms with van der Waals surface area (Å²) in [6.45, 7) is 0.329. The van der Waals surface area contributed by atoms with E-state index in [1.54, 1.807) is 0 Å². The number of hydrogen-bond acceptors (Lipinski definition) is 7. The van der Waals surface area contributed by atoms with Crippen molar-refractivity contribution in [1.29, 1.82) is 5.26 Å². The molecule has 1 fully saturated rings. The van der Waals surface area contributed by atoms with E-state index in [1.165, 1.54) is 43.5 Å². The first-order chi connectivity index (χ1) is 21.4. The molecular formula is C32H25F4N5O4. The topological polar surface area (TPSA) is 140 Å². The molecule has 13 heteroatoms. The van der Waals surface area contributed by atoms with E-state index in [4.69, 9.17) is 15.2 Å². The maximum absolute atomic E-state index is 14.6. The molecule has 2 aromatic carbocycles. The van der Waals surface area contributed by atoms with Crippen molar-refractivity contribution >= 4 is 22.7 Å². The summed E-state index contributed by atoms with van der Waals surface area (Å²) in [6, 6.07) is 12.4. The molecule has 2 amide bonds. The van der Waals surface area contributed by atoms with E-state index < -0.39 is 47.4 Å². The van der Waals surface area contributed by atoms with Crippen molar-refractivity contribution in [3.63, 3.8) is 0 Å². The summed E-state index contributed by atoms with van der Waals surface area (Å²) in [7, 11) is 0. The number of nitrogens with two attached hydrogens (primary N) is 1. The van der Waals surface area contributed by atoms with Gasteiger partial charge < -0.3 is 20.5 Å². The van der Waals surface area contributed by atoms with Gasteiger partial charge in [0.25, 0.3) is 5.91 Å². The second-order valence-corrected chi connectivity index (χ2v) is 11.3. The Balaban J connectivity index is 1.37. The Hall–Kier alpha value is -5.25. The Morgan fingerprint density at radius 3 is 2.58 bits per heavy atom. The van der Waals surface area contributed by atoms with Crippen LogP contribution >= 0.6 is 0 Å². The third-order valence-corrected chi connectivity index (χ3v) is 7.93. The zero-order valence-electron chi connectivity index (χ0n) is 23.7. The van der Waals surface area contributed by atoms with Gasteiger partial charge in [0, 0.05) is 34.8 Å². The summed E-state index contributed by atoms with van der Waals surface area (Å²) in [6.07, 6.45) is -1.95. The Labute approximate surface area is 254 Å². The lowest BCUT2D eigenvalue weighted by molar-refractivity contribution is -0.149. The number of ether oxygens (including phenoxy) is 2. The number of rotatable bonds is 8. The number of aromatic nitrogens is 2. The van der Waals surface area contributed by atoms with Crippen LogP contribution in [0.3, 0.4) is 0 Å². The number of amides is 2. The van der Waals surface area contributed by atoms with Gasteiger partial charge in [-0.15, -0.1) is 0 Å². The summed E-state index contributed by atoms with van der Waals surface area (Å²) < 4.78 is 69.2. The highest BCUT2D eigenvalue weighted by Crippen LogP contribution is 2.46. The molecule has 0 bridgehead atoms. The minimum atomic E-state index is -4.88. The second kappa shape index (κ2) is 11.0. The number of fused-ring (bicyclic) bond motifs is 2. The molecule has 4 aromatic rings. The zero-order valence-corrected chi connectivity index (χ0v) is 23.7. The summed E-state index contributed by atoms with van der Waals surface area (Å²) in [4.78, 5) is 34.3. The van der Waals surface area contributed by atoms with Gasteiger partial charge in [-0.3, -0.25) is 14.6 Å². The molecule has 1 aliphatic carbocycles. The number of hydrogen-bond donors (Lipinski definition) is 2. The van der Waals surface area contributed by atoms with Crippen molar-refractivity contribution in [2.45, 2.75) is 43.4 Å². The number of halogens is 4. The van der Waals surface area contributed by atoms with Crippen molar-refractivity contribution < 1.29 is 36.6 Å². The standard InChI is InChI=1S/C32H25F4N5O4/c1-31(30(38)43)15-44-28-22(31)11-24(41-27(28)17-2-4-20(33)5-3-17)23(32(34,35)36)14-40-29(42)19-9-18-8-16(12-37)13-39-26(18)25(10-19)45-21-6-7-21/h2-5,8-11,13,21,23H,6-7,14-15H2,1H3,(H2,38,43)(H,40,42)/t23-,31+/m1/s1. The van der Waals surface area contributed by atoms with Crippen LogP contribution in [0.1, 0.15) is 52.9 Å². The molecule has 0 radical (unpaired) electrons. The fraction of sp³-hybridized carbons (Fsp3) is 0.281. The van der Waals surface area contributed by atoms with Crippen LogP contribution in [-0.2, 0) is 10.2 Å². The van der Waals surface area contributed by atoms with Crippen LogP contribution in [-0.4, -0.2) is 47.2 Å². The second-order valence-electron chi connectivity index (χ2n) is 11.3. The number of carbonyl (C=O) groups excluding carboxylic acids is 2. The van der Waals surface area contributed by atoms with E-state index in [2.05, 4.69) is 15.3 Å². The number of pyridine rings is 2. The van der Waals surface area contributed by atoms with Gasteiger partial charge in [-0.25, -0.2) is 9.37 Å². The fourth-order valence-corrected chi connectivity index (χ4v) is 5.14. The van der Waals surface area contributed by atoms with E-state index in [0.717, 1.165) is 31.0 Å². The number of carbonyl (C=O) groups is 2. The molecule has 0 spiro atoms. The van der Waals surface area contributed by atoms with Crippen molar-refractivity contribution in [3.05, 3.63) is 82.9 Å². The summed E-state index contributed by atoms with van der Waals surface area (Å²) in [5.41, 5.74) is 4.70. The molecule has 1 saturated carbocycles. The number of benzene rings is 2. The van der Waals surface area contributed by atoms with Gasteiger partial charge in [0.15, 0.2) is 0 Å². The Morgan fingerprint density at radius 2 is 1.93 bits per heavy atom. The first-order valence-electron chi connectivity index (χ1n) is 14.0. The molecule has 1 aliphatic heterocycles. The van der Waals surface area contributed by atoms with Gasteiger partial charge in [-0.2, -0.15) is 18.4 Å². The van der Waals surface area contributed by atoms with Gasteiger partial charge in [0.2, 0.25) is 5.91 Å². The van der Waals surface area contributed by atoms with Crippen molar-refractivity contribution in [3.8, 4) is 28.8 Å². The van der Waals surface area contributed by atoms with Crippen LogP contribution in [0.25, 0.3) is 22.2 Å². The first kappa shape index (κ1) is 29.8. The van der Waals surface area contributed by atoms with E-state index >= 15 is 0 Å². The van der Waals surface area contributed by atoms with E-state index in [9.17, 15) is 32.4 Å². The highest BCUT2D eigenvalue weighted by Gasteiger charge is 2.47. The van der Waals surface area contributed by atoms with Crippen LogP contribution in [0.2, 0.25) is 0 Å². The average molecular weight is 620 g/mol. The molecule has 3 N–H and O–H groups in total. The summed E-state index contributed by atoms with van der Waals surface area (Å²) >= 11 is 0. The zero-order chi connectivity index (χ0) is 32.1. The average Bonchev–Trinajstić information content (AvgIpc) is 3.76. The van der Waals surface area contributed by atoms with Gasteiger partial charge in [-0.05, 0) is 68.3 Å². The molecule has 2 atom stereocenters. The molecule has 0 saturated heterocycles. The van der Waals surface area contributed by atoms with Crippen LogP contribution in [0.4, 0.5) is 17.6 Å². The van der Waals surface area contributed by atoms with Crippen LogP contribution < -0.4 is 20.5 Å². The molecule has 3 heterocycles. The minimum absolute atomic E-state index is 0.0135. The SMILES string of the molecule is C[C@]1(C(N)=O)COc2c1cc([C@@H](CNC(=O)c1cc(OC3CC3)c3ncc(C#N)cc3c1)C(F)(F)F)nc2-c1ccc(F)cc1. The predicted molar refractivity (Wildman–Crippen MR) is 153 cm³/mol. The molecule has 45 heavy (non-hydrogen) atoms. The van der Waals surface area contributed by atoms with Gasteiger partial charge in [0.1, 0.15) is 52.5 Å². The molecule has 230 valence electrons. The van der Waals surface area contributed by atoms with Crippen LogP contribution in [0.5, 0.6) is 11.5 Å². The molecule has 9 nitrogen and oxygen atoms in total. The van der Waals surface area contributed by atoms with Crippen LogP contribution in [0, 0.1) is 17.1 Å². The Bertz CT molecular complexity index is 1890. The molecule has 6 rings (SSSR count). The first-order valence-corrected chi connectivity index (χ1v) is 14.0. The lowest BCUT2D eigenvalue weighted by atomic mass is 9.82. The van der Waals surface area contributed by atoms with E-state index in [1.807, 2.05) is 6.07 Å². The maximum Gasteiger partial charge on any atom is 0.398 e. The summed E-state index contributed by atoms with van der Waals surface area (Å²) in [5.74, 6) is -4.15. The van der Waals surface area contributed by atoms with Gasteiger partial charge in [-0.1, -0.05) is 0 Å². The normalized spacial score (nSPS) is 18.0. The van der Waals surface area contributed by atoms with Gasteiger partial charge >= 0.3 is 6.18 Å². The molecular weight excluding hydrogens is 594 g/mol. The number of nitrogens with one attached hydrogen (secondary N) is 1. The number of nitriles is 1. The third kappa shape index (κ3) is 5.71. The number of nitrogens with zero attached hydrogens (tertiary/aromatic N) is 3. The lowest BCUT2D eigenvalue weighted by Crippen LogP contribution is -2.40. The van der Waals surface area contributed by atoms with Crippen molar-refractivity contribution in [1.82, 2.24) is 15.3 Å². The highest BCUT2D eigenvalue weighted by molar-refractivity contribution is 6.00. The Morgan fingerprint density at radius 1 is 1.20 bits per heavy atom. The monoisotopic (exact) mass is 619 g/mol. The fourth-order valence-electron chi connectivity index (χ4n) is 5.14. The van der Waals surface area contributed by atoms with Gasteiger partial charge in [0.05, 0.1) is 17.4 Å². The molecule has 2 aromatic heterocycles.